The van der Waals surface area contributed by atoms with Gasteiger partial charge in [0.2, 0.25) is 0 Å². The van der Waals surface area contributed by atoms with E-state index in [-0.39, 0.29) is 11.1 Å². The van der Waals surface area contributed by atoms with Crippen molar-refractivity contribution in [1.29, 1.82) is 0 Å². The van der Waals surface area contributed by atoms with E-state index in [2.05, 4.69) is 20.3 Å². The Labute approximate surface area is 129 Å². The van der Waals surface area contributed by atoms with Gasteiger partial charge >= 0.3 is 0 Å². The summed E-state index contributed by atoms with van der Waals surface area (Å²) in [5, 5.41) is 2.99. The number of anilines is 1. The molecule has 1 aliphatic heterocycles. The van der Waals surface area contributed by atoms with Crippen molar-refractivity contribution in [3.8, 4) is 0 Å². The van der Waals surface area contributed by atoms with E-state index in [9.17, 15) is 8.42 Å². The fourth-order valence-corrected chi connectivity index (χ4v) is 4.27. The van der Waals surface area contributed by atoms with Crippen LogP contribution in [0.3, 0.4) is 0 Å². The second-order valence-corrected chi connectivity index (χ2v) is 7.07. The molecule has 1 N–H and O–H groups in total. The van der Waals surface area contributed by atoms with Crippen LogP contribution in [0.25, 0.3) is 0 Å². The normalized spacial score (nSPS) is 19.5. The molecule has 0 bridgehead atoms. The van der Waals surface area contributed by atoms with Crippen LogP contribution in [-0.4, -0.2) is 45.8 Å². The van der Waals surface area contributed by atoms with Crippen molar-refractivity contribution in [3.05, 3.63) is 30.6 Å². The van der Waals surface area contributed by atoms with Crippen LogP contribution in [-0.2, 0) is 17.1 Å². The van der Waals surface area contributed by atoms with Gasteiger partial charge in [0.1, 0.15) is 5.82 Å². The highest BCUT2D eigenvalue weighted by Crippen LogP contribution is 2.35. The highest BCUT2D eigenvalue weighted by atomic mass is 32.2. The summed E-state index contributed by atoms with van der Waals surface area (Å²) in [5.74, 6) is 0.625. The molecule has 3 heterocycles. The van der Waals surface area contributed by atoms with Crippen LogP contribution in [0, 0.1) is 0 Å². The van der Waals surface area contributed by atoms with Crippen molar-refractivity contribution in [2.24, 2.45) is 7.05 Å². The zero-order chi connectivity index (χ0) is 15.7. The Balaban J connectivity index is 1.96. The zero-order valence-electron chi connectivity index (χ0n) is 12.5. The van der Waals surface area contributed by atoms with Gasteiger partial charge in [-0.1, -0.05) is 0 Å². The zero-order valence-corrected chi connectivity index (χ0v) is 13.3. The molecule has 0 aliphatic carbocycles. The molecule has 8 nitrogen and oxygen atoms in total. The summed E-state index contributed by atoms with van der Waals surface area (Å²) in [4.78, 5) is 12.5. The van der Waals surface area contributed by atoms with E-state index in [0.29, 0.717) is 18.1 Å². The molecule has 1 atom stereocenters. The fraction of sp³-hybridized carbons (Fsp3) is 0.462. The van der Waals surface area contributed by atoms with Crippen molar-refractivity contribution >= 4 is 15.8 Å². The third kappa shape index (κ3) is 2.57. The second-order valence-electron chi connectivity index (χ2n) is 5.23. The van der Waals surface area contributed by atoms with Gasteiger partial charge in [0.15, 0.2) is 5.03 Å². The standard InChI is InChI=1S/C13H18N6O2S/c1-14-12-7-15-6-10(17-12)11-4-3-5-19(11)22(20,21)13-8-18(2)9-16-13/h6-9,11H,3-5H2,1-2H3,(H,14,17)/t11-/m0/s1. The largest absolute Gasteiger partial charge is 0.372 e. The minimum atomic E-state index is -3.62. The number of nitrogens with zero attached hydrogens (tertiary/aromatic N) is 5. The number of hydrogen-bond acceptors (Lipinski definition) is 6. The summed E-state index contributed by atoms with van der Waals surface area (Å²) < 4.78 is 28.6. The van der Waals surface area contributed by atoms with Crippen molar-refractivity contribution in [1.82, 2.24) is 23.8 Å². The first-order chi connectivity index (χ1) is 10.5. The van der Waals surface area contributed by atoms with E-state index >= 15 is 0 Å². The summed E-state index contributed by atoms with van der Waals surface area (Å²) in [6.07, 6.45) is 7.75. The molecule has 1 saturated heterocycles. The number of sulfonamides is 1. The Hall–Kier alpha value is -2.00. The van der Waals surface area contributed by atoms with Crippen LogP contribution >= 0.6 is 0 Å². The maximum absolute atomic E-state index is 12.8. The molecular weight excluding hydrogens is 304 g/mol. The minimum absolute atomic E-state index is 0.0691. The number of aromatic nitrogens is 4. The molecule has 0 saturated carbocycles. The van der Waals surface area contributed by atoms with Gasteiger partial charge in [0, 0.05) is 26.8 Å². The lowest BCUT2D eigenvalue weighted by Crippen LogP contribution is -2.31. The maximum atomic E-state index is 12.8. The molecule has 0 radical (unpaired) electrons. The molecule has 3 rings (SSSR count). The van der Waals surface area contributed by atoms with E-state index in [4.69, 9.17) is 0 Å². The van der Waals surface area contributed by atoms with Gasteiger partial charge in [0.25, 0.3) is 10.0 Å². The molecule has 118 valence electrons. The van der Waals surface area contributed by atoms with Crippen molar-refractivity contribution in [2.45, 2.75) is 23.9 Å². The van der Waals surface area contributed by atoms with Gasteiger partial charge < -0.3 is 9.88 Å². The molecule has 0 unspecified atom stereocenters. The molecule has 0 spiro atoms. The van der Waals surface area contributed by atoms with Crippen LogP contribution in [0.4, 0.5) is 5.82 Å². The topological polar surface area (TPSA) is 93.0 Å². The highest BCUT2D eigenvalue weighted by Gasteiger charge is 2.38. The predicted octanol–water partition coefficient (Wildman–Crippen LogP) is 0.778. The van der Waals surface area contributed by atoms with Crippen LogP contribution in [0.2, 0.25) is 0 Å². The first-order valence-corrected chi connectivity index (χ1v) is 8.46. The van der Waals surface area contributed by atoms with Gasteiger partial charge in [-0.25, -0.2) is 18.4 Å². The molecule has 0 aromatic carbocycles. The lowest BCUT2D eigenvalue weighted by molar-refractivity contribution is 0.388. The highest BCUT2D eigenvalue weighted by molar-refractivity contribution is 7.89. The molecule has 1 fully saturated rings. The van der Waals surface area contributed by atoms with Crippen molar-refractivity contribution in [2.75, 3.05) is 18.9 Å². The predicted molar refractivity (Wildman–Crippen MR) is 80.7 cm³/mol. The Morgan fingerprint density at radius 2 is 2.18 bits per heavy atom. The van der Waals surface area contributed by atoms with Crippen molar-refractivity contribution in [3.63, 3.8) is 0 Å². The second kappa shape index (κ2) is 5.65. The first kappa shape index (κ1) is 14.9. The smallest absolute Gasteiger partial charge is 0.262 e. The van der Waals surface area contributed by atoms with Gasteiger partial charge in [-0.05, 0) is 12.8 Å². The maximum Gasteiger partial charge on any atom is 0.262 e. The van der Waals surface area contributed by atoms with Gasteiger partial charge in [-0.2, -0.15) is 4.31 Å². The van der Waals surface area contributed by atoms with E-state index in [0.717, 1.165) is 12.8 Å². The molecular formula is C13H18N6O2S. The van der Waals surface area contributed by atoms with Crippen molar-refractivity contribution < 1.29 is 8.42 Å². The summed E-state index contributed by atoms with van der Waals surface area (Å²) >= 11 is 0. The van der Waals surface area contributed by atoms with Gasteiger partial charge in [0.05, 0.1) is 30.5 Å². The van der Waals surface area contributed by atoms with E-state index < -0.39 is 10.0 Å². The molecule has 2 aromatic rings. The number of rotatable bonds is 4. The molecule has 1 aliphatic rings. The lowest BCUT2D eigenvalue weighted by atomic mass is 10.2. The van der Waals surface area contributed by atoms with E-state index in [1.807, 2.05) is 0 Å². The summed E-state index contributed by atoms with van der Waals surface area (Å²) in [6, 6.07) is -0.298. The molecule has 22 heavy (non-hydrogen) atoms. The number of aryl methyl sites for hydroxylation is 1. The Morgan fingerprint density at radius 3 is 2.86 bits per heavy atom. The Morgan fingerprint density at radius 1 is 1.36 bits per heavy atom. The minimum Gasteiger partial charge on any atom is -0.372 e. The third-order valence-corrected chi connectivity index (χ3v) is 5.50. The monoisotopic (exact) mass is 322 g/mol. The molecule has 2 aromatic heterocycles. The van der Waals surface area contributed by atoms with Gasteiger partial charge in [-0.3, -0.25) is 4.98 Å². The van der Waals surface area contributed by atoms with Gasteiger partial charge in [-0.15, -0.1) is 0 Å². The lowest BCUT2D eigenvalue weighted by Gasteiger charge is -2.22. The fourth-order valence-electron chi connectivity index (χ4n) is 2.63. The number of hydrogen-bond donors (Lipinski definition) is 1. The average Bonchev–Trinajstić information content (AvgIpc) is 3.16. The van der Waals surface area contributed by atoms with Crippen LogP contribution in [0.1, 0.15) is 24.6 Å². The summed E-state index contributed by atoms with van der Waals surface area (Å²) in [6.45, 7) is 0.467. The Bertz CT molecular complexity index is 772. The average molecular weight is 322 g/mol. The molecule has 9 heteroatoms. The van der Waals surface area contributed by atoms with Crippen LogP contribution in [0.15, 0.2) is 29.9 Å². The summed E-state index contributed by atoms with van der Waals surface area (Å²) in [7, 11) is -0.121. The summed E-state index contributed by atoms with van der Waals surface area (Å²) in [5.41, 5.74) is 0.656. The van der Waals surface area contributed by atoms with Crippen LogP contribution in [0.5, 0.6) is 0 Å². The number of nitrogens with one attached hydrogen (secondary N) is 1. The SMILES string of the molecule is CNc1cncc([C@@H]2CCCN2S(=O)(=O)c2cn(C)cn2)n1. The van der Waals surface area contributed by atoms with Crippen LogP contribution < -0.4 is 5.32 Å². The number of imidazole rings is 1. The third-order valence-electron chi connectivity index (χ3n) is 3.71. The molecule has 0 amide bonds. The van der Waals surface area contributed by atoms with E-state index in [1.165, 1.54) is 16.8 Å². The van der Waals surface area contributed by atoms with E-state index in [1.54, 1.807) is 31.1 Å². The Kier molecular flexibility index (Phi) is 3.83. The first-order valence-electron chi connectivity index (χ1n) is 7.02. The quantitative estimate of drug-likeness (QED) is 0.894.